The number of sulfonamides is 1. The number of carbonyl (C=O) groups excluding carboxylic acids is 1. The maximum Gasteiger partial charge on any atom is 0.261 e. The van der Waals surface area contributed by atoms with Crippen LogP contribution in [0.1, 0.15) is 15.9 Å². The molecule has 0 aliphatic carbocycles. The summed E-state index contributed by atoms with van der Waals surface area (Å²) in [5.74, 6) is -0.633. The molecule has 0 radical (unpaired) electrons. The van der Waals surface area contributed by atoms with Gasteiger partial charge in [-0.3, -0.25) is 9.59 Å². The molecule has 0 saturated heterocycles. The van der Waals surface area contributed by atoms with Gasteiger partial charge in [-0.15, -0.1) is 6.58 Å². The van der Waals surface area contributed by atoms with Crippen molar-refractivity contribution in [1.82, 2.24) is 19.3 Å². The maximum absolute atomic E-state index is 12.8. The highest BCUT2D eigenvalue weighted by Crippen LogP contribution is 2.17. The minimum Gasteiger partial charge on any atom is -0.322 e. The Balaban J connectivity index is 1.55. The highest BCUT2D eigenvalue weighted by atomic mass is 32.2. The van der Waals surface area contributed by atoms with E-state index in [4.69, 9.17) is 0 Å². The van der Waals surface area contributed by atoms with E-state index in [9.17, 15) is 18.0 Å². The molecule has 9 nitrogen and oxygen atoms in total. The number of fused-ring (bicyclic) bond motifs is 3. The van der Waals surface area contributed by atoms with Crippen molar-refractivity contribution in [3.63, 3.8) is 0 Å². The zero-order chi connectivity index (χ0) is 22.0. The van der Waals surface area contributed by atoms with Gasteiger partial charge in [0.1, 0.15) is 11.2 Å². The molecular weight excluding hydrogens is 418 g/mol. The third-order valence-corrected chi connectivity index (χ3v) is 5.96. The zero-order valence-electron chi connectivity index (χ0n) is 16.3. The number of H-pyrrole nitrogens is 1. The largest absolute Gasteiger partial charge is 0.322 e. The van der Waals surface area contributed by atoms with Crippen molar-refractivity contribution in [2.45, 2.75) is 5.75 Å². The number of para-hydroxylation sites is 1. The first-order chi connectivity index (χ1) is 14.9. The van der Waals surface area contributed by atoms with Crippen molar-refractivity contribution in [1.29, 1.82) is 0 Å². The molecule has 0 bridgehead atoms. The number of benzene rings is 2. The third kappa shape index (κ3) is 4.25. The Morgan fingerprint density at radius 1 is 1.16 bits per heavy atom. The van der Waals surface area contributed by atoms with Gasteiger partial charge in [0.15, 0.2) is 0 Å². The van der Waals surface area contributed by atoms with Crippen LogP contribution in [-0.4, -0.2) is 35.5 Å². The first-order valence-corrected chi connectivity index (χ1v) is 11.0. The molecule has 158 valence electrons. The Kier molecular flexibility index (Phi) is 5.40. The Morgan fingerprint density at radius 2 is 1.90 bits per heavy atom. The molecule has 4 aromatic rings. The topological polar surface area (TPSA) is 125 Å². The van der Waals surface area contributed by atoms with Crippen LogP contribution in [-0.2, 0) is 15.8 Å². The molecule has 0 fully saturated rings. The molecule has 0 aliphatic heterocycles. The van der Waals surface area contributed by atoms with Gasteiger partial charge in [-0.05, 0) is 29.8 Å². The number of aromatic amines is 1. The van der Waals surface area contributed by atoms with Crippen molar-refractivity contribution in [2.75, 3.05) is 11.9 Å². The quantitative estimate of drug-likeness (QED) is 0.382. The molecule has 0 spiro atoms. The van der Waals surface area contributed by atoms with Crippen LogP contribution < -0.4 is 15.6 Å². The molecule has 31 heavy (non-hydrogen) atoms. The van der Waals surface area contributed by atoms with Gasteiger partial charge in [0.05, 0.1) is 22.9 Å². The number of carbonyl (C=O) groups is 1. The third-order valence-electron chi connectivity index (χ3n) is 4.64. The van der Waals surface area contributed by atoms with Crippen LogP contribution in [0.25, 0.3) is 16.6 Å². The van der Waals surface area contributed by atoms with Gasteiger partial charge in [-0.25, -0.2) is 17.7 Å². The Morgan fingerprint density at radius 3 is 2.65 bits per heavy atom. The predicted octanol–water partition coefficient (Wildman–Crippen LogP) is 2.03. The molecule has 0 atom stereocenters. The molecule has 2 heterocycles. The molecule has 0 saturated carbocycles. The van der Waals surface area contributed by atoms with E-state index in [1.165, 1.54) is 16.8 Å². The average Bonchev–Trinajstić information content (AvgIpc) is 3.18. The van der Waals surface area contributed by atoms with E-state index in [-0.39, 0.29) is 29.1 Å². The second kappa shape index (κ2) is 8.17. The predicted molar refractivity (Wildman–Crippen MR) is 119 cm³/mol. The van der Waals surface area contributed by atoms with E-state index in [0.29, 0.717) is 22.2 Å². The normalized spacial score (nSPS) is 11.6. The number of rotatable bonds is 7. The van der Waals surface area contributed by atoms with Crippen LogP contribution >= 0.6 is 0 Å². The summed E-state index contributed by atoms with van der Waals surface area (Å²) < 4.78 is 27.8. The highest BCUT2D eigenvalue weighted by Gasteiger charge is 2.17. The molecule has 3 N–H and O–H groups in total. The monoisotopic (exact) mass is 437 g/mol. The lowest BCUT2D eigenvalue weighted by molar-refractivity contribution is 0.102. The maximum atomic E-state index is 12.8. The second-order valence-corrected chi connectivity index (χ2v) is 8.64. The fraction of sp³-hybridized carbons (Fsp3) is 0.0952. The lowest BCUT2D eigenvalue weighted by Gasteiger charge is -2.07. The van der Waals surface area contributed by atoms with E-state index < -0.39 is 15.9 Å². The number of nitrogens with one attached hydrogen (secondary N) is 3. The number of anilines is 1. The number of nitrogens with zero attached hydrogens (tertiary/aromatic N) is 2. The molecule has 0 unspecified atom stereocenters. The van der Waals surface area contributed by atoms with Crippen molar-refractivity contribution < 1.29 is 13.2 Å². The molecule has 2 aromatic heterocycles. The molecular formula is C21H19N5O4S. The summed E-state index contributed by atoms with van der Waals surface area (Å²) in [5, 5.41) is 7.44. The summed E-state index contributed by atoms with van der Waals surface area (Å²) >= 11 is 0. The van der Waals surface area contributed by atoms with Gasteiger partial charge >= 0.3 is 0 Å². The minimum atomic E-state index is -3.47. The molecule has 10 heteroatoms. The van der Waals surface area contributed by atoms with Crippen molar-refractivity contribution in [3.8, 4) is 0 Å². The van der Waals surface area contributed by atoms with Gasteiger partial charge in [0.25, 0.3) is 11.5 Å². The van der Waals surface area contributed by atoms with Crippen LogP contribution in [0.2, 0.25) is 0 Å². The van der Waals surface area contributed by atoms with Gasteiger partial charge in [0.2, 0.25) is 10.0 Å². The van der Waals surface area contributed by atoms with Crippen LogP contribution in [0, 0.1) is 0 Å². The van der Waals surface area contributed by atoms with E-state index in [1.54, 1.807) is 48.5 Å². The molecule has 1 amide bonds. The fourth-order valence-electron chi connectivity index (χ4n) is 3.18. The molecule has 2 aromatic carbocycles. The molecule has 4 rings (SSSR count). The van der Waals surface area contributed by atoms with Gasteiger partial charge in [-0.2, -0.15) is 5.10 Å². The zero-order valence-corrected chi connectivity index (χ0v) is 17.1. The van der Waals surface area contributed by atoms with Crippen molar-refractivity contribution >= 4 is 38.2 Å². The smallest absolute Gasteiger partial charge is 0.261 e. The van der Waals surface area contributed by atoms with E-state index in [1.807, 2.05) is 0 Å². The summed E-state index contributed by atoms with van der Waals surface area (Å²) in [7, 11) is -3.47. The lowest BCUT2D eigenvalue weighted by atomic mass is 10.2. The Bertz CT molecular complexity index is 1450. The first kappa shape index (κ1) is 20.5. The summed E-state index contributed by atoms with van der Waals surface area (Å²) in [4.78, 5) is 27.8. The average molecular weight is 437 g/mol. The highest BCUT2D eigenvalue weighted by molar-refractivity contribution is 7.88. The van der Waals surface area contributed by atoms with Crippen LogP contribution in [0.4, 0.5) is 5.69 Å². The summed E-state index contributed by atoms with van der Waals surface area (Å²) in [5.41, 5.74) is 1.83. The Labute approximate surface area is 177 Å². The summed E-state index contributed by atoms with van der Waals surface area (Å²) in [6, 6.07) is 13.4. The van der Waals surface area contributed by atoms with Gasteiger partial charge in [0, 0.05) is 12.2 Å². The standard InChI is InChI=1S/C21H19N5O4S/c1-2-11-23-31(29,30)13-14-7-9-15(10-8-14)24-21(28)17-12-22-26-18-6-4-3-5-16(18)20(27)25-19(17)26/h2-10,12,23H,1,11,13H2,(H,24,28)(H,25,27). The van der Waals surface area contributed by atoms with Crippen LogP contribution in [0.3, 0.4) is 0 Å². The van der Waals surface area contributed by atoms with Crippen molar-refractivity contribution in [3.05, 3.63) is 88.9 Å². The fourth-order valence-corrected chi connectivity index (χ4v) is 4.29. The van der Waals surface area contributed by atoms with Crippen molar-refractivity contribution in [2.24, 2.45) is 0 Å². The Hall–Kier alpha value is -3.76. The van der Waals surface area contributed by atoms with Gasteiger partial charge in [-0.1, -0.05) is 30.3 Å². The summed E-state index contributed by atoms with van der Waals surface area (Å²) in [6.07, 6.45) is 2.85. The van der Waals surface area contributed by atoms with Crippen LogP contribution in [0.15, 0.2) is 72.2 Å². The minimum absolute atomic E-state index is 0.160. The van der Waals surface area contributed by atoms with E-state index in [0.717, 1.165) is 0 Å². The number of hydrogen-bond acceptors (Lipinski definition) is 5. The summed E-state index contributed by atoms with van der Waals surface area (Å²) in [6.45, 7) is 3.64. The molecule has 0 aliphatic rings. The van der Waals surface area contributed by atoms with E-state index >= 15 is 0 Å². The first-order valence-electron chi connectivity index (χ1n) is 9.35. The number of hydrogen-bond donors (Lipinski definition) is 3. The SMILES string of the molecule is C=CCNS(=O)(=O)Cc1ccc(NC(=O)c2cnn3c2[nH]c(=O)c2ccccc23)cc1. The van der Waals surface area contributed by atoms with E-state index in [2.05, 4.69) is 26.7 Å². The lowest BCUT2D eigenvalue weighted by Crippen LogP contribution is -2.25. The van der Waals surface area contributed by atoms with Crippen LogP contribution in [0.5, 0.6) is 0 Å². The second-order valence-electron chi connectivity index (χ2n) is 6.84. The van der Waals surface area contributed by atoms with Gasteiger partial charge < -0.3 is 10.3 Å². The number of aromatic nitrogens is 3. The number of amides is 1.